The molecule has 0 aromatic carbocycles. The number of carbonyl (C=O) groups is 2. The van der Waals surface area contributed by atoms with E-state index in [4.69, 9.17) is 9.84 Å². The first kappa shape index (κ1) is 11.3. The number of rotatable bonds is 5. The van der Waals surface area contributed by atoms with Crippen LogP contribution in [0.1, 0.15) is 21.0 Å². The van der Waals surface area contributed by atoms with Crippen LogP contribution in [-0.4, -0.2) is 45.3 Å². The summed E-state index contributed by atoms with van der Waals surface area (Å²) in [5, 5.41) is 12.7. The number of ether oxygens (including phenoxy) is 1. The number of hydrogen-bond donors (Lipinski definition) is 1. The van der Waals surface area contributed by atoms with Crippen LogP contribution in [0.25, 0.3) is 5.65 Å². The summed E-state index contributed by atoms with van der Waals surface area (Å²) >= 11 is 0. The van der Waals surface area contributed by atoms with E-state index in [1.54, 1.807) is 11.7 Å². The molecule has 1 N–H and O–H groups in total. The first-order valence-electron chi connectivity index (χ1n) is 4.93. The third-order valence-electron chi connectivity index (χ3n) is 2.42. The average Bonchev–Trinajstić information content (AvgIpc) is 2.83. The fourth-order valence-corrected chi connectivity index (χ4v) is 1.63. The van der Waals surface area contributed by atoms with E-state index in [0.717, 1.165) is 0 Å². The van der Waals surface area contributed by atoms with Gasteiger partial charge in [-0.1, -0.05) is 0 Å². The highest BCUT2D eigenvalue weighted by atomic mass is 16.5. The van der Waals surface area contributed by atoms with E-state index in [0.29, 0.717) is 30.8 Å². The van der Waals surface area contributed by atoms with Gasteiger partial charge < -0.3 is 14.4 Å². The van der Waals surface area contributed by atoms with Crippen LogP contribution in [0.4, 0.5) is 0 Å². The van der Waals surface area contributed by atoms with E-state index < -0.39 is 5.97 Å². The van der Waals surface area contributed by atoms with Gasteiger partial charge in [0.25, 0.3) is 0 Å². The highest BCUT2D eigenvalue weighted by molar-refractivity contribution is 5.87. The van der Waals surface area contributed by atoms with Crippen molar-refractivity contribution in [1.29, 1.82) is 0 Å². The number of carboxylic acids is 1. The van der Waals surface area contributed by atoms with Crippen molar-refractivity contribution in [2.24, 2.45) is 0 Å². The van der Waals surface area contributed by atoms with Gasteiger partial charge in [-0.2, -0.15) is 5.10 Å². The number of aromatic nitrogens is 3. The van der Waals surface area contributed by atoms with Crippen molar-refractivity contribution < 1.29 is 19.4 Å². The van der Waals surface area contributed by atoms with Crippen molar-refractivity contribution in [3.8, 4) is 0 Å². The van der Waals surface area contributed by atoms with Gasteiger partial charge in [-0.25, -0.2) is 9.31 Å². The SMILES string of the molecule is COCCn1c(C=O)cn2nc(C(=O)O)cc12. The number of nitrogens with zero attached hydrogens (tertiary/aromatic N) is 3. The van der Waals surface area contributed by atoms with Crippen LogP contribution in [0, 0.1) is 0 Å². The van der Waals surface area contributed by atoms with Crippen molar-refractivity contribution in [2.75, 3.05) is 13.7 Å². The van der Waals surface area contributed by atoms with Crippen LogP contribution in [0.3, 0.4) is 0 Å². The van der Waals surface area contributed by atoms with Gasteiger partial charge in [-0.15, -0.1) is 0 Å². The first-order chi connectivity index (χ1) is 8.17. The Labute approximate surface area is 96.2 Å². The largest absolute Gasteiger partial charge is 0.476 e. The minimum absolute atomic E-state index is 0.0522. The molecule has 0 radical (unpaired) electrons. The number of aldehydes is 1. The van der Waals surface area contributed by atoms with E-state index in [-0.39, 0.29) is 5.69 Å². The lowest BCUT2D eigenvalue weighted by atomic mass is 10.4. The Hall–Kier alpha value is -2.15. The minimum atomic E-state index is -1.10. The molecule has 7 heteroatoms. The summed E-state index contributed by atoms with van der Waals surface area (Å²) in [6.07, 6.45) is 2.19. The molecule has 17 heavy (non-hydrogen) atoms. The van der Waals surface area contributed by atoms with Gasteiger partial charge in [0.1, 0.15) is 11.3 Å². The van der Waals surface area contributed by atoms with Gasteiger partial charge in [0.15, 0.2) is 12.0 Å². The molecular weight excluding hydrogens is 226 g/mol. The van der Waals surface area contributed by atoms with Crippen LogP contribution in [0.2, 0.25) is 0 Å². The maximum Gasteiger partial charge on any atom is 0.356 e. The molecule has 2 aromatic heterocycles. The van der Waals surface area contributed by atoms with Crippen LogP contribution in [-0.2, 0) is 11.3 Å². The third kappa shape index (κ3) is 1.92. The Morgan fingerprint density at radius 1 is 1.65 bits per heavy atom. The second-order valence-electron chi connectivity index (χ2n) is 3.45. The summed E-state index contributed by atoms with van der Waals surface area (Å²) in [6.45, 7) is 0.893. The molecule has 0 fully saturated rings. The topological polar surface area (TPSA) is 85.8 Å². The Balaban J connectivity index is 2.51. The average molecular weight is 237 g/mol. The summed E-state index contributed by atoms with van der Waals surface area (Å²) in [7, 11) is 1.56. The summed E-state index contributed by atoms with van der Waals surface area (Å²) in [6, 6.07) is 1.42. The minimum Gasteiger partial charge on any atom is -0.476 e. The first-order valence-corrected chi connectivity index (χ1v) is 4.93. The van der Waals surface area contributed by atoms with Gasteiger partial charge in [0.2, 0.25) is 0 Å². The Morgan fingerprint density at radius 3 is 3.00 bits per heavy atom. The molecule has 0 aliphatic heterocycles. The zero-order valence-electron chi connectivity index (χ0n) is 9.16. The van der Waals surface area contributed by atoms with Gasteiger partial charge in [-0.05, 0) is 0 Å². The fourth-order valence-electron chi connectivity index (χ4n) is 1.63. The van der Waals surface area contributed by atoms with Crippen molar-refractivity contribution in [2.45, 2.75) is 6.54 Å². The fraction of sp³-hybridized carbons (Fsp3) is 0.300. The van der Waals surface area contributed by atoms with Gasteiger partial charge in [0, 0.05) is 19.7 Å². The molecule has 0 aliphatic carbocycles. The molecule has 2 aromatic rings. The van der Waals surface area contributed by atoms with E-state index in [1.807, 2.05) is 0 Å². The third-order valence-corrected chi connectivity index (χ3v) is 2.42. The molecule has 2 rings (SSSR count). The molecule has 0 amide bonds. The summed E-state index contributed by atoms with van der Waals surface area (Å²) < 4.78 is 7.98. The predicted molar refractivity (Wildman–Crippen MR) is 57.4 cm³/mol. The number of methoxy groups -OCH3 is 1. The molecule has 2 heterocycles. The molecule has 0 bridgehead atoms. The number of hydrogen-bond acceptors (Lipinski definition) is 4. The van der Waals surface area contributed by atoms with Crippen LogP contribution >= 0.6 is 0 Å². The highest BCUT2D eigenvalue weighted by Crippen LogP contribution is 2.12. The summed E-state index contributed by atoms with van der Waals surface area (Å²) in [5.41, 5.74) is 0.937. The van der Waals surface area contributed by atoms with Crippen LogP contribution < -0.4 is 0 Å². The molecule has 7 nitrogen and oxygen atoms in total. The van der Waals surface area contributed by atoms with E-state index in [1.165, 1.54) is 16.8 Å². The molecular formula is C10H11N3O4. The molecule has 0 saturated heterocycles. The van der Waals surface area contributed by atoms with Crippen LogP contribution in [0.5, 0.6) is 0 Å². The molecule has 0 atom stereocenters. The number of imidazole rings is 1. The Bertz CT molecular complexity index is 569. The van der Waals surface area contributed by atoms with E-state index in [2.05, 4.69) is 5.10 Å². The zero-order chi connectivity index (χ0) is 12.4. The summed E-state index contributed by atoms with van der Waals surface area (Å²) in [4.78, 5) is 21.6. The van der Waals surface area contributed by atoms with Crippen molar-refractivity contribution in [3.63, 3.8) is 0 Å². The summed E-state index contributed by atoms with van der Waals surface area (Å²) in [5.74, 6) is -1.10. The van der Waals surface area contributed by atoms with Crippen molar-refractivity contribution in [3.05, 3.63) is 23.7 Å². The van der Waals surface area contributed by atoms with Crippen molar-refractivity contribution in [1.82, 2.24) is 14.2 Å². The molecule has 0 aliphatic rings. The standard InChI is InChI=1S/C10H11N3O4/c1-17-3-2-12-7(6-14)5-13-9(12)4-8(11-13)10(15)16/h4-6H,2-3H2,1H3,(H,15,16). The maximum atomic E-state index is 10.9. The lowest BCUT2D eigenvalue weighted by molar-refractivity contribution is 0.0690. The predicted octanol–water partition coefficient (Wildman–Crippen LogP) is 0.293. The lowest BCUT2D eigenvalue weighted by Gasteiger charge is -2.03. The zero-order valence-corrected chi connectivity index (χ0v) is 9.16. The second kappa shape index (κ2) is 4.38. The molecule has 0 saturated carbocycles. The number of carboxylic acid groups (broad SMARTS) is 1. The van der Waals surface area contributed by atoms with E-state index >= 15 is 0 Å². The monoisotopic (exact) mass is 237 g/mol. The maximum absolute atomic E-state index is 10.9. The highest BCUT2D eigenvalue weighted by Gasteiger charge is 2.14. The molecule has 90 valence electrons. The molecule has 0 spiro atoms. The van der Waals surface area contributed by atoms with Crippen molar-refractivity contribution >= 4 is 17.9 Å². The van der Waals surface area contributed by atoms with Crippen LogP contribution in [0.15, 0.2) is 12.3 Å². The smallest absolute Gasteiger partial charge is 0.356 e. The normalized spacial score (nSPS) is 10.9. The molecule has 0 unspecified atom stereocenters. The number of aromatic carboxylic acids is 1. The van der Waals surface area contributed by atoms with Gasteiger partial charge in [0.05, 0.1) is 12.8 Å². The quantitative estimate of drug-likeness (QED) is 0.755. The number of fused-ring (bicyclic) bond motifs is 1. The number of carbonyl (C=O) groups excluding carboxylic acids is 1. The van der Waals surface area contributed by atoms with E-state index in [9.17, 15) is 9.59 Å². The second-order valence-corrected chi connectivity index (χ2v) is 3.45. The van der Waals surface area contributed by atoms with Gasteiger partial charge in [-0.3, -0.25) is 4.79 Å². The Kier molecular flexibility index (Phi) is 2.92. The Morgan fingerprint density at radius 2 is 2.41 bits per heavy atom. The van der Waals surface area contributed by atoms with Gasteiger partial charge >= 0.3 is 5.97 Å². The lowest BCUT2D eigenvalue weighted by Crippen LogP contribution is -2.07.